The van der Waals surface area contributed by atoms with Crippen molar-refractivity contribution in [1.82, 2.24) is 30.0 Å². The fourth-order valence-electron chi connectivity index (χ4n) is 3.48. The molecule has 0 radical (unpaired) electrons. The zero-order valence-corrected chi connectivity index (χ0v) is 21.0. The van der Waals surface area contributed by atoms with Crippen molar-refractivity contribution in [2.24, 2.45) is 0 Å². The number of ether oxygens (including phenoxy) is 1. The Kier molecular flexibility index (Phi) is 11.2. The highest BCUT2D eigenvalue weighted by atomic mass is 35.5. The van der Waals surface area contributed by atoms with Gasteiger partial charge in [0.2, 0.25) is 5.95 Å². The number of hydrogen-bond acceptors (Lipinski definition) is 7. The van der Waals surface area contributed by atoms with Crippen molar-refractivity contribution < 1.29 is 4.74 Å². The van der Waals surface area contributed by atoms with Crippen molar-refractivity contribution in [2.45, 2.75) is 13.1 Å². The summed E-state index contributed by atoms with van der Waals surface area (Å²) in [7, 11) is 0. The van der Waals surface area contributed by atoms with Gasteiger partial charge < -0.3 is 15.4 Å². The monoisotopic (exact) mass is 537 g/mol. The Balaban J connectivity index is 0.00000193. The Bertz CT molecular complexity index is 1090. The topological polar surface area (TPSA) is 100 Å². The van der Waals surface area contributed by atoms with Crippen LogP contribution in [0.15, 0.2) is 29.2 Å². The minimum Gasteiger partial charge on any atom is -0.378 e. The summed E-state index contributed by atoms with van der Waals surface area (Å²) in [5.41, 5.74) is 1.64. The Morgan fingerprint density at radius 3 is 2.61 bits per heavy atom. The van der Waals surface area contributed by atoms with Crippen molar-refractivity contribution >= 4 is 65.0 Å². The van der Waals surface area contributed by atoms with Gasteiger partial charge in [0, 0.05) is 39.3 Å². The molecule has 2 aromatic heterocycles. The first kappa shape index (κ1) is 27.7. The number of rotatable bonds is 9. The average Bonchev–Trinajstić information content (AvgIpc) is 3.18. The second-order valence-electron chi connectivity index (χ2n) is 7.32. The van der Waals surface area contributed by atoms with Crippen LogP contribution in [0, 0.1) is 0 Å². The summed E-state index contributed by atoms with van der Waals surface area (Å²) < 4.78 is 7.37. The molecule has 9 nitrogen and oxygen atoms in total. The van der Waals surface area contributed by atoms with E-state index in [9.17, 15) is 4.79 Å². The van der Waals surface area contributed by atoms with Crippen molar-refractivity contribution in [3.8, 4) is 0 Å². The molecule has 3 aromatic rings. The number of piperazine rings is 1. The molecular formula is C20H27Cl4N7O2. The van der Waals surface area contributed by atoms with Gasteiger partial charge in [0.1, 0.15) is 5.52 Å². The maximum atomic E-state index is 12.6. The van der Waals surface area contributed by atoms with E-state index in [4.69, 9.17) is 27.9 Å². The van der Waals surface area contributed by atoms with E-state index in [-0.39, 0.29) is 30.4 Å². The number of hydrogen-bond donors (Lipinski definition) is 3. The predicted molar refractivity (Wildman–Crippen MR) is 137 cm³/mol. The molecule has 0 amide bonds. The van der Waals surface area contributed by atoms with Crippen LogP contribution in [0.3, 0.4) is 0 Å². The summed E-state index contributed by atoms with van der Waals surface area (Å²) in [6.07, 6.45) is 1.59. The zero-order chi connectivity index (χ0) is 21.6. The SMILES string of the molecule is Cl.Cl.O=c1[nH]c(NCc2ccc(Cl)c(Cl)c2)nc2cnn(CCOCCN3CCNCC3)c12. The Labute approximate surface area is 214 Å². The quantitative estimate of drug-likeness (QED) is 0.360. The summed E-state index contributed by atoms with van der Waals surface area (Å²) in [6.45, 7) is 7.16. The first-order valence-electron chi connectivity index (χ1n) is 10.2. The maximum Gasteiger partial charge on any atom is 0.278 e. The van der Waals surface area contributed by atoms with E-state index in [1.165, 1.54) is 0 Å². The van der Waals surface area contributed by atoms with Gasteiger partial charge in [0.25, 0.3) is 5.56 Å². The lowest BCUT2D eigenvalue weighted by Crippen LogP contribution is -2.44. The smallest absolute Gasteiger partial charge is 0.278 e. The molecule has 1 aliphatic heterocycles. The molecule has 13 heteroatoms. The first-order valence-corrected chi connectivity index (χ1v) is 11.0. The number of nitrogens with one attached hydrogen (secondary N) is 3. The van der Waals surface area contributed by atoms with Crippen LogP contribution in [0.4, 0.5) is 5.95 Å². The number of fused-ring (bicyclic) bond motifs is 1. The largest absolute Gasteiger partial charge is 0.378 e. The van der Waals surface area contributed by atoms with Crippen molar-refractivity contribution in [2.75, 3.05) is 51.3 Å². The molecule has 0 atom stereocenters. The van der Waals surface area contributed by atoms with E-state index in [0.29, 0.717) is 53.3 Å². The summed E-state index contributed by atoms with van der Waals surface area (Å²) in [5.74, 6) is 0.371. The Morgan fingerprint density at radius 2 is 1.85 bits per heavy atom. The second-order valence-corrected chi connectivity index (χ2v) is 8.14. The molecular weight excluding hydrogens is 512 g/mol. The van der Waals surface area contributed by atoms with Gasteiger partial charge in [-0.2, -0.15) is 5.10 Å². The van der Waals surface area contributed by atoms with Crippen molar-refractivity contribution in [3.05, 3.63) is 50.4 Å². The van der Waals surface area contributed by atoms with E-state index in [1.807, 2.05) is 6.07 Å². The first-order chi connectivity index (χ1) is 15.1. The minimum atomic E-state index is -0.250. The van der Waals surface area contributed by atoms with Gasteiger partial charge in [0.05, 0.1) is 36.0 Å². The summed E-state index contributed by atoms with van der Waals surface area (Å²) in [6, 6.07) is 5.36. The summed E-state index contributed by atoms with van der Waals surface area (Å²) >= 11 is 12.0. The molecule has 3 heterocycles. The van der Waals surface area contributed by atoms with E-state index >= 15 is 0 Å². The third-order valence-electron chi connectivity index (χ3n) is 5.15. The molecule has 33 heavy (non-hydrogen) atoms. The van der Waals surface area contributed by atoms with Crippen LogP contribution in [0.1, 0.15) is 5.56 Å². The van der Waals surface area contributed by atoms with Gasteiger partial charge in [-0.05, 0) is 17.7 Å². The lowest BCUT2D eigenvalue weighted by Gasteiger charge is -2.26. The highest BCUT2D eigenvalue weighted by Gasteiger charge is 2.12. The molecule has 3 N–H and O–H groups in total. The molecule has 0 saturated carbocycles. The van der Waals surface area contributed by atoms with E-state index in [1.54, 1.807) is 23.0 Å². The number of nitrogens with zero attached hydrogens (tertiary/aromatic N) is 4. The Hall–Kier alpha value is -1.59. The van der Waals surface area contributed by atoms with Crippen LogP contribution in [0.5, 0.6) is 0 Å². The third kappa shape index (κ3) is 7.45. The molecule has 1 fully saturated rings. The fourth-order valence-corrected chi connectivity index (χ4v) is 3.80. The van der Waals surface area contributed by atoms with Gasteiger partial charge in [-0.15, -0.1) is 24.8 Å². The van der Waals surface area contributed by atoms with Crippen molar-refractivity contribution in [3.63, 3.8) is 0 Å². The third-order valence-corrected chi connectivity index (χ3v) is 5.89. The Morgan fingerprint density at radius 1 is 1.09 bits per heavy atom. The van der Waals surface area contributed by atoms with Crippen LogP contribution < -0.4 is 16.2 Å². The van der Waals surface area contributed by atoms with Gasteiger partial charge in [-0.1, -0.05) is 29.3 Å². The standard InChI is InChI=1S/C20H25Cl2N7O2.2ClH/c21-15-2-1-14(11-16(15)22)12-24-20-26-17-13-25-29(18(17)19(30)27-20)8-10-31-9-7-28-5-3-23-4-6-28;;/h1-2,11,13,23H,3-10,12H2,(H2,24,26,27,30);2*1H. The molecule has 0 aliphatic carbocycles. The molecule has 0 spiro atoms. The second kappa shape index (κ2) is 13.3. The van der Waals surface area contributed by atoms with Gasteiger partial charge in [0.15, 0.2) is 5.52 Å². The molecule has 1 aliphatic rings. The zero-order valence-electron chi connectivity index (χ0n) is 17.9. The predicted octanol–water partition coefficient (Wildman–Crippen LogP) is 2.80. The van der Waals surface area contributed by atoms with Crippen LogP contribution in [0.2, 0.25) is 10.0 Å². The number of aromatic nitrogens is 4. The molecule has 0 unspecified atom stereocenters. The highest BCUT2D eigenvalue weighted by molar-refractivity contribution is 6.42. The number of benzene rings is 1. The lowest BCUT2D eigenvalue weighted by molar-refractivity contribution is 0.0927. The maximum absolute atomic E-state index is 12.6. The number of H-pyrrole nitrogens is 1. The minimum absolute atomic E-state index is 0. The van der Waals surface area contributed by atoms with E-state index in [0.717, 1.165) is 38.3 Å². The summed E-state index contributed by atoms with van der Waals surface area (Å²) in [4.78, 5) is 22.2. The summed E-state index contributed by atoms with van der Waals surface area (Å²) in [5, 5.41) is 11.7. The number of aromatic amines is 1. The number of halogens is 4. The fraction of sp³-hybridized carbons (Fsp3) is 0.450. The number of anilines is 1. The van der Waals surface area contributed by atoms with E-state index in [2.05, 4.69) is 30.6 Å². The average molecular weight is 539 g/mol. The molecule has 182 valence electrons. The lowest BCUT2D eigenvalue weighted by atomic mass is 10.2. The molecule has 1 saturated heterocycles. The van der Waals surface area contributed by atoms with Gasteiger partial charge in [-0.3, -0.25) is 19.4 Å². The highest BCUT2D eigenvalue weighted by Crippen LogP contribution is 2.22. The van der Waals surface area contributed by atoms with Crippen LogP contribution in [-0.2, 0) is 17.8 Å². The van der Waals surface area contributed by atoms with E-state index < -0.39 is 0 Å². The van der Waals surface area contributed by atoms with Crippen LogP contribution in [0.25, 0.3) is 11.0 Å². The van der Waals surface area contributed by atoms with Gasteiger partial charge >= 0.3 is 0 Å². The normalized spacial score (nSPS) is 14.0. The van der Waals surface area contributed by atoms with Crippen LogP contribution >= 0.6 is 48.0 Å². The molecule has 1 aromatic carbocycles. The van der Waals surface area contributed by atoms with Crippen molar-refractivity contribution in [1.29, 1.82) is 0 Å². The molecule has 4 rings (SSSR count). The van der Waals surface area contributed by atoms with Gasteiger partial charge in [-0.25, -0.2) is 4.98 Å². The molecule has 0 bridgehead atoms. The van der Waals surface area contributed by atoms with Crippen LogP contribution in [-0.4, -0.2) is 70.6 Å².